The number of anilines is 1. The fraction of sp³-hybridized carbons (Fsp3) is 0.250. The van der Waals surface area contributed by atoms with Gasteiger partial charge in [-0.3, -0.25) is 9.59 Å². The summed E-state index contributed by atoms with van der Waals surface area (Å²) in [5, 5.41) is 4.18. The standard InChI is InChI=1S/C16H18N2O6S2/c1-2-23-13-7-4-3-6-12(13)18-14(19)11-24-15(20)10-17-26(21,22)16-8-5-9-25-16/h3-9,17H,2,10-11H2,1H3,(H,18,19). The highest BCUT2D eigenvalue weighted by molar-refractivity contribution is 7.91. The molecular weight excluding hydrogens is 380 g/mol. The molecule has 0 aliphatic carbocycles. The van der Waals surface area contributed by atoms with Crippen LogP contribution in [0.25, 0.3) is 0 Å². The van der Waals surface area contributed by atoms with Gasteiger partial charge in [-0.05, 0) is 30.5 Å². The molecule has 0 aliphatic rings. The van der Waals surface area contributed by atoms with Crippen molar-refractivity contribution in [2.24, 2.45) is 0 Å². The van der Waals surface area contributed by atoms with E-state index in [0.717, 1.165) is 11.3 Å². The minimum absolute atomic E-state index is 0.0931. The van der Waals surface area contributed by atoms with Gasteiger partial charge in [-0.15, -0.1) is 11.3 Å². The largest absolute Gasteiger partial charge is 0.492 e. The second kappa shape index (κ2) is 9.32. The van der Waals surface area contributed by atoms with Gasteiger partial charge in [-0.25, -0.2) is 8.42 Å². The molecule has 0 spiro atoms. The van der Waals surface area contributed by atoms with E-state index in [1.54, 1.807) is 35.7 Å². The molecule has 0 saturated carbocycles. The normalized spacial score (nSPS) is 11.0. The van der Waals surface area contributed by atoms with Crippen LogP contribution in [-0.2, 0) is 24.3 Å². The van der Waals surface area contributed by atoms with Crippen LogP contribution in [0.5, 0.6) is 5.75 Å². The van der Waals surface area contributed by atoms with Crippen LogP contribution in [0.4, 0.5) is 5.69 Å². The molecule has 1 heterocycles. The van der Waals surface area contributed by atoms with Gasteiger partial charge in [0.1, 0.15) is 16.5 Å². The first-order valence-electron chi connectivity index (χ1n) is 7.63. The summed E-state index contributed by atoms with van der Waals surface area (Å²) in [5.41, 5.74) is 0.453. The van der Waals surface area contributed by atoms with E-state index in [4.69, 9.17) is 9.47 Å². The Labute approximate surface area is 155 Å². The van der Waals surface area contributed by atoms with Crippen molar-refractivity contribution in [3.05, 3.63) is 41.8 Å². The van der Waals surface area contributed by atoms with Crippen LogP contribution in [0, 0.1) is 0 Å². The molecule has 1 aromatic heterocycles. The molecular formula is C16H18N2O6S2. The first-order chi connectivity index (χ1) is 12.4. The molecule has 2 N–H and O–H groups in total. The summed E-state index contributed by atoms with van der Waals surface area (Å²) < 4.78 is 36.1. The minimum Gasteiger partial charge on any atom is -0.492 e. The highest BCUT2D eigenvalue weighted by Gasteiger charge is 2.17. The molecule has 1 aromatic carbocycles. The van der Waals surface area contributed by atoms with Gasteiger partial charge in [-0.2, -0.15) is 4.72 Å². The molecule has 0 radical (unpaired) electrons. The van der Waals surface area contributed by atoms with Gasteiger partial charge in [0.15, 0.2) is 6.61 Å². The Kier molecular flexibility index (Phi) is 7.13. The molecule has 26 heavy (non-hydrogen) atoms. The lowest BCUT2D eigenvalue weighted by Gasteiger charge is -2.11. The van der Waals surface area contributed by atoms with Gasteiger partial charge in [-0.1, -0.05) is 18.2 Å². The first-order valence-corrected chi connectivity index (χ1v) is 9.99. The highest BCUT2D eigenvalue weighted by atomic mass is 32.2. The zero-order valence-corrected chi connectivity index (χ0v) is 15.6. The highest BCUT2D eigenvalue weighted by Crippen LogP contribution is 2.23. The molecule has 0 atom stereocenters. The maximum absolute atomic E-state index is 11.9. The second-order valence-electron chi connectivity index (χ2n) is 4.89. The number of hydrogen-bond acceptors (Lipinski definition) is 7. The van der Waals surface area contributed by atoms with E-state index in [0.29, 0.717) is 18.0 Å². The zero-order chi connectivity index (χ0) is 19.0. The zero-order valence-electron chi connectivity index (χ0n) is 13.9. The lowest BCUT2D eigenvalue weighted by molar-refractivity contribution is -0.146. The number of carbonyl (C=O) groups is 2. The number of esters is 1. The van der Waals surface area contributed by atoms with Gasteiger partial charge >= 0.3 is 5.97 Å². The molecule has 8 nitrogen and oxygen atoms in total. The number of carbonyl (C=O) groups excluding carboxylic acids is 2. The number of thiophene rings is 1. The van der Waals surface area contributed by atoms with Gasteiger partial charge in [0, 0.05) is 0 Å². The quantitative estimate of drug-likeness (QED) is 0.621. The van der Waals surface area contributed by atoms with E-state index in [1.807, 2.05) is 6.92 Å². The third-order valence-electron chi connectivity index (χ3n) is 2.99. The average molecular weight is 398 g/mol. The monoisotopic (exact) mass is 398 g/mol. The van der Waals surface area contributed by atoms with E-state index < -0.39 is 35.1 Å². The Morgan fingerprint density at radius 2 is 1.92 bits per heavy atom. The van der Waals surface area contributed by atoms with Crippen LogP contribution < -0.4 is 14.8 Å². The van der Waals surface area contributed by atoms with Crippen molar-refractivity contribution >= 4 is 38.9 Å². The average Bonchev–Trinajstić information content (AvgIpc) is 3.16. The van der Waals surface area contributed by atoms with E-state index in [1.165, 1.54) is 6.07 Å². The van der Waals surface area contributed by atoms with Crippen LogP contribution in [0.15, 0.2) is 46.0 Å². The fourth-order valence-corrected chi connectivity index (χ4v) is 3.88. The van der Waals surface area contributed by atoms with Crippen LogP contribution in [-0.4, -0.2) is 40.1 Å². The molecule has 1 amide bonds. The van der Waals surface area contributed by atoms with Crippen LogP contribution in [0.1, 0.15) is 6.92 Å². The van der Waals surface area contributed by atoms with Crippen molar-refractivity contribution < 1.29 is 27.5 Å². The third kappa shape index (κ3) is 5.83. The number of ether oxygens (including phenoxy) is 2. The number of para-hydroxylation sites is 2. The Morgan fingerprint density at radius 1 is 1.15 bits per heavy atom. The summed E-state index contributed by atoms with van der Waals surface area (Å²) in [6.07, 6.45) is 0. The van der Waals surface area contributed by atoms with Crippen molar-refractivity contribution in [3.8, 4) is 5.75 Å². The van der Waals surface area contributed by atoms with Crippen LogP contribution in [0.2, 0.25) is 0 Å². The van der Waals surface area contributed by atoms with E-state index >= 15 is 0 Å². The molecule has 2 aromatic rings. The van der Waals surface area contributed by atoms with Crippen LogP contribution >= 0.6 is 11.3 Å². The topological polar surface area (TPSA) is 111 Å². The Morgan fingerprint density at radius 3 is 2.62 bits per heavy atom. The van der Waals surface area contributed by atoms with Gasteiger partial charge < -0.3 is 14.8 Å². The van der Waals surface area contributed by atoms with Crippen molar-refractivity contribution in [2.45, 2.75) is 11.1 Å². The lowest BCUT2D eigenvalue weighted by Crippen LogP contribution is -2.32. The van der Waals surface area contributed by atoms with Gasteiger partial charge in [0.2, 0.25) is 0 Å². The van der Waals surface area contributed by atoms with Gasteiger partial charge in [0.25, 0.3) is 15.9 Å². The summed E-state index contributed by atoms with van der Waals surface area (Å²) in [7, 11) is -3.76. The molecule has 2 rings (SSSR count). The number of hydrogen-bond donors (Lipinski definition) is 2. The van der Waals surface area contributed by atoms with Crippen LogP contribution in [0.3, 0.4) is 0 Å². The minimum atomic E-state index is -3.76. The number of rotatable bonds is 9. The second-order valence-corrected chi connectivity index (χ2v) is 7.84. The van der Waals surface area contributed by atoms with Crippen molar-refractivity contribution in [1.82, 2.24) is 4.72 Å². The number of sulfonamides is 1. The predicted octanol–water partition coefficient (Wildman–Crippen LogP) is 1.61. The summed E-state index contributed by atoms with van der Waals surface area (Å²) in [6, 6.07) is 9.85. The van der Waals surface area contributed by atoms with Crippen molar-refractivity contribution in [2.75, 3.05) is 25.1 Å². The molecule has 0 fully saturated rings. The molecule has 0 unspecified atom stereocenters. The number of nitrogens with one attached hydrogen (secondary N) is 2. The lowest BCUT2D eigenvalue weighted by atomic mass is 10.3. The van der Waals surface area contributed by atoms with E-state index in [-0.39, 0.29) is 4.21 Å². The molecule has 140 valence electrons. The number of amides is 1. The summed E-state index contributed by atoms with van der Waals surface area (Å²) in [4.78, 5) is 23.5. The van der Waals surface area contributed by atoms with Crippen molar-refractivity contribution in [3.63, 3.8) is 0 Å². The van der Waals surface area contributed by atoms with E-state index in [2.05, 4.69) is 10.0 Å². The first kappa shape index (κ1) is 19.9. The van der Waals surface area contributed by atoms with Crippen molar-refractivity contribution in [1.29, 1.82) is 0 Å². The third-order valence-corrected chi connectivity index (χ3v) is 5.79. The predicted molar refractivity (Wildman–Crippen MR) is 96.7 cm³/mol. The molecule has 0 saturated heterocycles. The summed E-state index contributed by atoms with van der Waals surface area (Å²) >= 11 is 1.03. The Bertz CT molecular complexity index is 849. The molecule has 10 heteroatoms. The maximum atomic E-state index is 11.9. The number of benzene rings is 1. The summed E-state index contributed by atoms with van der Waals surface area (Å²) in [6.45, 7) is 1.15. The Hall–Kier alpha value is -2.43. The Balaban J connectivity index is 1.79. The van der Waals surface area contributed by atoms with E-state index in [9.17, 15) is 18.0 Å². The van der Waals surface area contributed by atoms with Gasteiger partial charge in [0.05, 0.1) is 12.3 Å². The summed E-state index contributed by atoms with van der Waals surface area (Å²) in [5.74, 6) is -0.927. The molecule has 0 aliphatic heterocycles. The molecule has 0 bridgehead atoms. The fourth-order valence-electron chi connectivity index (χ4n) is 1.88. The maximum Gasteiger partial charge on any atom is 0.321 e. The smallest absolute Gasteiger partial charge is 0.321 e. The SMILES string of the molecule is CCOc1ccccc1NC(=O)COC(=O)CNS(=O)(=O)c1cccs1.